The van der Waals surface area contributed by atoms with Crippen LogP contribution in [0.1, 0.15) is 34.3 Å². The van der Waals surface area contributed by atoms with Crippen LogP contribution in [0.25, 0.3) is 0 Å². The Balaban J connectivity index is 1.68. The number of hydrogen-bond acceptors (Lipinski definition) is 6. The zero-order valence-electron chi connectivity index (χ0n) is 19.0. The van der Waals surface area contributed by atoms with Crippen LogP contribution in [0.4, 0.5) is 5.69 Å². The van der Waals surface area contributed by atoms with Gasteiger partial charge in [0.05, 0.1) is 12.5 Å². The summed E-state index contributed by atoms with van der Waals surface area (Å²) >= 11 is 0. The smallest absolute Gasteiger partial charge is 0.250 e. The number of likely N-dealkylation sites (tertiary alicyclic amines) is 1. The molecule has 1 amide bonds. The Hall–Kier alpha value is -3.84. The molecule has 174 valence electrons. The van der Waals surface area contributed by atoms with Gasteiger partial charge in [0.25, 0.3) is 0 Å². The predicted molar refractivity (Wildman–Crippen MR) is 127 cm³/mol. The maximum absolute atomic E-state index is 14.2. The third-order valence-corrected chi connectivity index (χ3v) is 7.02. The van der Waals surface area contributed by atoms with Gasteiger partial charge in [0, 0.05) is 29.3 Å². The number of rotatable bonds is 5. The molecule has 3 N–H and O–H groups in total. The minimum absolute atomic E-state index is 0.170. The van der Waals surface area contributed by atoms with E-state index in [1.807, 2.05) is 43.1 Å². The van der Waals surface area contributed by atoms with E-state index in [4.69, 9.17) is 4.74 Å². The third kappa shape index (κ3) is 3.15. The number of nitrogens with one attached hydrogen (secondary N) is 1. The van der Waals surface area contributed by atoms with Gasteiger partial charge in [-0.1, -0.05) is 24.3 Å². The summed E-state index contributed by atoms with van der Waals surface area (Å²) in [6.07, 6.45) is 0. The van der Waals surface area contributed by atoms with Gasteiger partial charge in [-0.25, -0.2) is 0 Å². The minimum atomic E-state index is -1.20. The molecule has 7 heteroatoms. The van der Waals surface area contributed by atoms with Crippen LogP contribution < -0.4 is 10.1 Å². The second kappa shape index (κ2) is 8.18. The third-order valence-electron chi connectivity index (χ3n) is 7.02. The molecule has 2 aliphatic heterocycles. The first kappa shape index (κ1) is 22.0. The number of carbonyl (C=O) groups excluding carboxylic acids is 2. The maximum atomic E-state index is 14.2. The average molecular weight is 459 g/mol. The number of nitrogens with zero attached hydrogens (tertiary/aromatic N) is 1. The van der Waals surface area contributed by atoms with Crippen LogP contribution in [0.15, 0.2) is 66.7 Å². The average Bonchev–Trinajstić information content (AvgIpc) is 3.31. The molecule has 3 aromatic rings. The number of Topliss-reactive ketones (excluding diaryl/α,β-unsaturated/α-hetero) is 1. The molecule has 3 aromatic carbocycles. The molecular weight excluding hydrogens is 432 g/mol. The van der Waals surface area contributed by atoms with Gasteiger partial charge in [0.2, 0.25) is 5.91 Å². The fourth-order valence-electron chi connectivity index (χ4n) is 5.53. The molecule has 1 fully saturated rings. The van der Waals surface area contributed by atoms with Crippen LogP contribution in [-0.4, -0.2) is 47.0 Å². The number of benzene rings is 3. The van der Waals surface area contributed by atoms with E-state index in [0.29, 0.717) is 35.7 Å². The van der Waals surface area contributed by atoms with E-state index in [-0.39, 0.29) is 23.2 Å². The lowest BCUT2D eigenvalue weighted by molar-refractivity contribution is -0.126. The monoisotopic (exact) mass is 458 g/mol. The highest BCUT2D eigenvalue weighted by atomic mass is 16.5. The fraction of sp³-hybridized carbons (Fsp3) is 0.259. The van der Waals surface area contributed by atoms with Crippen molar-refractivity contribution in [3.8, 4) is 17.2 Å². The van der Waals surface area contributed by atoms with Crippen LogP contribution in [0.2, 0.25) is 0 Å². The highest BCUT2D eigenvalue weighted by Crippen LogP contribution is 2.55. The summed E-state index contributed by atoms with van der Waals surface area (Å²) in [6, 6.07) is 19.0. The molecule has 2 heterocycles. The summed E-state index contributed by atoms with van der Waals surface area (Å²) in [7, 11) is 1.85. The van der Waals surface area contributed by atoms with Crippen molar-refractivity contribution in [3.05, 3.63) is 83.4 Å². The summed E-state index contributed by atoms with van der Waals surface area (Å²) in [5.41, 5.74) is 1.41. The second-order valence-electron chi connectivity index (χ2n) is 8.80. The largest absolute Gasteiger partial charge is 0.504 e. The molecule has 3 atom stereocenters. The van der Waals surface area contributed by atoms with Crippen molar-refractivity contribution in [2.45, 2.75) is 18.4 Å². The number of anilines is 1. The van der Waals surface area contributed by atoms with Crippen LogP contribution in [-0.2, 0) is 10.3 Å². The number of phenolic OH excluding ortho intramolecular Hbond substituents is 2. The molecule has 7 nitrogen and oxygen atoms in total. The number of likely N-dealkylation sites (N-methyl/N-ethyl adjacent to an activating group) is 1. The lowest BCUT2D eigenvalue weighted by Gasteiger charge is -2.35. The van der Waals surface area contributed by atoms with E-state index in [1.165, 1.54) is 12.1 Å². The first-order valence-electron chi connectivity index (χ1n) is 11.3. The highest BCUT2D eigenvalue weighted by Gasteiger charge is 2.64. The Kier molecular flexibility index (Phi) is 5.29. The minimum Gasteiger partial charge on any atom is -0.504 e. The molecule has 5 rings (SSSR count). The Morgan fingerprint density at radius 2 is 1.82 bits per heavy atom. The zero-order valence-corrected chi connectivity index (χ0v) is 19.0. The topological polar surface area (TPSA) is 99.1 Å². The molecule has 0 saturated carbocycles. The Bertz CT molecular complexity index is 1270. The molecule has 0 bridgehead atoms. The van der Waals surface area contributed by atoms with Gasteiger partial charge in [-0.05, 0) is 62.0 Å². The Labute approximate surface area is 197 Å². The van der Waals surface area contributed by atoms with Crippen LogP contribution in [0, 0.1) is 5.92 Å². The quantitative estimate of drug-likeness (QED) is 0.397. The number of hydrogen-bond donors (Lipinski definition) is 3. The number of phenols is 2. The van der Waals surface area contributed by atoms with Crippen molar-refractivity contribution in [2.24, 2.45) is 5.92 Å². The number of para-hydroxylation sites is 1. The van der Waals surface area contributed by atoms with Gasteiger partial charge < -0.3 is 20.3 Å². The van der Waals surface area contributed by atoms with E-state index in [2.05, 4.69) is 5.32 Å². The van der Waals surface area contributed by atoms with Crippen LogP contribution >= 0.6 is 0 Å². The van der Waals surface area contributed by atoms with Crippen molar-refractivity contribution < 1.29 is 24.5 Å². The molecule has 0 aromatic heterocycles. The van der Waals surface area contributed by atoms with Crippen molar-refractivity contribution in [3.63, 3.8) is 0 Å². The van der Waals surface area contributed by atoms with Gasteiger partial charge >= 0.3 is 0 Å². The predicted octanol–water partition coefficient (Wildman–Crippen LogP) is 3.87. The second-order valence-corrected chi connectivity index (χ2v) is 8.80. The van der Waals surface area contributed by atoms with Crippen molar-refractivity contribution in [1.82, 2.24) is 4.90 Å². The molecule has 2 aliphatic rings. The molecule has 1 spiro atoms. The molecule has 0 radical (unpaired) electrons. The molecule has 1 saturated heterocycles. The number of ketones is 1. The Morgan fingerprint density at radius 3 is 2.53 bits per heavy atom. The first-order valence-corrected chi connectivity index (χ1v) is 11.3. The van der Waals surface area contributed by atoms with E-state index in [1.54, 1.807) is 30.3 Å². The number of amides is 1. The number of aromatic hydroxyl groups is 2. The molecule has 3 unspecified atom stereocenters. The summed E-state index contributed by atoms with van der Waals surface area (Å²) in [6.45, 7) is 2.83. The molecule has 34 heavy (non-hydrogen) atoms. The first-order chi connectivity index (χ1) is 16.4. The van der Waals surface area contributed by atoms with E-state index in [9.17, 15) is 19.8 Å². The SMILES string of the molecule is CCOc1ccc(C(=O)C2C(c3ccc(O)c(O)c3)CN(C)C23C(=O)Nc2ccccc23)cc1. The number of fused-ring (bicyclic) bond motifs is 2. The summed E-state index contributed by atoms with van der Waals surface area (Å²) in [4.78, 5) is 29.7. The maximum Gasteiger partial charge on any atom is 0.250 e. The highest BCUT2D eigenvalue weighted by molar-refractivity contribution is 6.12. The number of ether oxygens (including phenoxy) is 1. The van der Waals surface area contributed by atoms with Gasteiger partial charge in [-0.3, -0.25) is 14.5 Å². The number of carbonyl (C=O) groups is 2. The van der Waals surface area contributed by atoms with Crippen molar-refractivity contribution in [2.75, 3.05) is 25.5 Å². The lowest BCUT2D eigenvalue weighted by atomic mass is 9.70. The van der Waals surface area contributed by atoms with Crippen molar-refractivity contribution >= 4 is 17.4 Å². The van der Waals surface area contributed by atoms with E-state index in [0.717, 1.165) is 5.56 Å². The normalized spacial score (nSPS) is 23.6. The summed E-state index contributed by atoms with van der Waals surface area (Å²) < 4.78 is 5.52. The summed E-state index contributed by atoms with van der Waals surface area (Å²) in [5, 5.41) is 23.0. The standard InChI is InChI=1S/C27H26N2O5/c1-3-34-18-11-8-16(9-12-18)25(32)24-19(17-10-13-22(30)23(31)14-17)15-29(2)27(24)20-6-4-5-7-21(20)28-26(27)33/h4-14,19,24,30-31H,3,15H2,1-2H3,(H,28,33). The van der Waals surface area contributed by atoms with Crippen LogP contribution in [0.5, 0.6) is 17.2 Å². The van der Waals surface area contributed by atoms with Gasteiger partial charge in [-0.2, -0.15) is 0 Å². The summed E-state index contributed by atoms with van der Waals surface area (Å²) in [5.74, 6) is -1.40. The van der Waals surface area contributed by atoms with E-state index < -0.39 is 17.4 Å². The Morgan fingerprint density at radius 1 is 1.09 bits per heavy atom. The van der Waals surface area contributed by atoms with Gasteiger partial charge in [0.1, 0.15) is 11.3 Å². The molecular formula is C27H26N2O5. The van der Waals surface area contributed by atoms with Gasteiger partial charge in [0.15, 0.2) is 17.3 Å². The fourth-order valence-corrected chi connectivity index (χ4v) is 5.53. The zero-order chi connectivity index (χ0) is 24.0. The lowest BCUT2D eigenvalue weighted by Crippen LogP contribution is -2.51. The van der Waals surface area contributed by atoms with E-state index >= 15 is 0 Å². The van der Waals surface area contributed by atoms with Crippen molar-refractivity contribution in [1.29, 1.82) is 0 Å². The van der Waals surface area contributed by atoms with Gasteiger partial charge in [-0.15, -0.1) is 0 Å². The molecule has 0 aliphatic carbocycles. The van der Waals surface area contributed by atoms with Crippen LogP contribution in [0.3, 0.4) is 0 Å².